The Morgan fingerprint density at radius 2 is 2.33 bits per heavy atom. The molecule has 0 aromatic carbocycles. The highest BCUT2D eigenvalue weighted by molar-refractivity contribution is 7.99. The van der Waals surface area contributed by atoms with E-state index in [1.54, 1.807) is 12.3 Å². The summed E-state index contributed by atoms with van der Waals surface area (Å²) >= 11 is 2.02. The Labute approximate surface area is 111 Å². The molecule has 5 nitrogen and oxygen atoms in total. The Balaban J connectivity index is 1.90. The molecule has 1 aliphatic rings. The number of hydrogen-bond donors (Lipinski definition) is 1. The maximum Gasteiger partial charge on any atom is 0.376 e. The van der Waals surface area contributed by atoms with Gasteiger partial charge in [-0.3, -0.25) is 0 Å². The van der Waals surface area contributed by atoms with Gasteiger partial charge in [-0.25, -0.2) is 14.8 Å². The van der Waals surface area contributed by atoms with E-state index < -0.39 is 5.97 Å². The van der Waals surface area contributed by atoms with Crippen LogP contribution in [0.15, 0.2) is 12.3 Å². The second-order valence-corrected chi connectivity index (χ2v) is 5.42. The third kappa shape index (κ3) is 3.60. The Morgan fingerprint density at radius 3 is 3.06 bits per heavy atom. The summed E-state index contributed by atoms with van der Waals surface area (Å²) in [5.41, 5.74) is 0. The van der Waals surface area contributed by atoms with Crippen molar-refractivity contribution in [3.05, 3.63) is 18.1 Å². The molecule has 6 heteroatoms. The molecule has 0 aliphatic carbocycles. The van der Waals surface area contributed by atoms with E-state index in [4.69, 9.17) is 0 Å². The van der Waals surface area contributed by atoms with E-state index >= 15 is 0 Å². The van der Waals surface area contributed by atoms with Gasteiger partial charge >= 0.3 is 5.97 Å². The molecule has 1 N–H and O–H groups in total. The zero-order valence-electron chi connectivity index (χ0n) is 10.4. The number of esters is 1. The monoisotopic (exact) mass is 267 g/mol. The van der Waals surface area contributed by atoms with Gasteiger partial charge in [0.2, 0.25) is 5.82 Å². The van der Waals surface area contributed by atoms with Crippen LogP contribution in [0.1, 0.15) is 23.5 Å². The van der Waals surface area contributed by atoms with E-state index in [9.17, 15) is 4.79 Å². The van der Waals surface area contributed by atoms with E-state index in [2.05, 4.69) is 20.0 Å². The molecule has 0 amide bonds. The van der Waals surface area contributed by atoms with E-state index in [1.807, 2.05) is 11.8 Å². The number of carbonyl (C=O) groups excluding carboxylic acids is 1. The molecule has 1 aliphatic heterocycles. The molecule has 98 valence electrons. The van der Waals surface area contributed by atoms with E-state index in [0.29, 0.717) is 11.7 Å². The van der Waals surface area contributed by atoms with Crippen molar-refractivity contribution in [2.24, 2.45) is 5.92 Å². The first-order valence-corrected chi connectivity index (χ1v) is 7.18. The molecule has 0 bridgehead atoms. The second-order valence-electron chi connectivity index (χ2n) is 4.19. The minimum atomic E-state index is -0.507. The Morgan fingerprint density at radius 1 is 1.56 bits per heavy atom. The fourth-order valence-corrected chi connectivity index (χ4v) is 3.05. The average molecular weight is 267 g/mol. The van der Waals surface area contributed by atoms with Gasteiger partial charge in [-0.15, -0.1) is 0 Å². The minimum Gasteiger partial charge on any atom is -0.463 e. The predicted octanol–water partition coefficient (Wildman–Crippen LogP) is 1.82. The van der Waals surface area contributed by atoms with Crippen molar-refractivity contribution < 1.29 is 9.53 Å². The lowest BCUT2D eigenvalue weighted by atomic mass is 10.0. The third-order valence-corrected chi connectivity index (χ3v) is 3.99. The minimum absolute atomic E-state index is 0.0988. The molecule has 18 heavy (non-hydrogen) atoms. The van der Waals surface area contributed by atoms with Crippen molar-refractivity contribution in [1.82, 2.24) is 9.97 Å². The number of carbonyl (C=O) groups is 1. The summed E-state index contributed by atoms with van der Waals surface area (Å²) < 4.78 is 4.59. The lowest BCUT2D eigenvalue weighted by molar-refractivity contribution is 0.0587. The number of nitrogens with one attached hydrogen (secondary N) is 1. The zero-order valence-corrected chi connectivity index (χ0v) is 11.2. The summed E-state index contributed by atoms with van der Waals surface area (Å²) in [6.45, 7) is 0.901. The number of rotatable bonds is 4. The van der Waals surface area contributed by atoms with Gasteiger partial charge in [0.1, 0.15) is 5.82 Å². The lowest BCUT2D eigenvalue weighted by Crippen LogP contribution is -2.20. The van der Waals surface area contributed by atoms with Crippen LogP contribution in [0.3, 0.4) is 0 Å². The SMILES string of the molecule is COC(=O)c1nccc(NCC2CCSCC2)n1. The third-order valence-electron chi connectivity index (χ3n) is 2.94. The van der Waals surface area contributed by atoms with Gasteiger partial charge in [-0.2, -0.15) is 11.8 Å². The van der Waals surface area contributed by atoms with Crippen LogP contribution in [-0.4, -0.2) is 41.1 Å². The van der Waals surface area contributed by atoms with Gasteiger partial charge in [0.05, 0.1) is 7.11 Å². The van der Waals surface area contributed by atoms with Crippen LogP contribution in [0.4, 0.5) is 5.82 Å². The second kappa shape index (κ2) is 6.58. The number of ether oxygens (including phenoxy) is 1. The van der Waals surface area contributed by atoms with Crippen molar-refractivity contribution in [3.8, 4) is 0 Å². The zero-order chi connectivity index (χ0) is 12.8. The van der Waals surface area contributed by atoms with Crippen LogP contribution in [0.25, 0.3) is 0 Å². The van der Waals surface area contributed by atoms with Gasteiger partial charge < -0.3 is 10.1 Å². The van der Waals surface area contributed by atoms with Crippen molar-refractivity contribution in [2.75, 3.05) is 30.5 Å². The largest absolute Gasteiger partial charge is 0.463 e. The molecule has 0 unspecified atom stereocenters. The van der Waals surface area contributed by atoms with Crippen molar-refractivity contribution >= 4 is 23.5 Å². The van der Waals surface area contributed by atoms with Crippen LogP contribution in [0, 0.1) is 5.92 Å². The molecule has 1 aromatic rings. The number of hydrogen-bond acceptors (Lipinski definition) is 6. The highest BCUT2D eigenvalue weighted by Crippen LogP contribution is 2.22. The van der Waals surface area contributed by atoms with Crippen LogP contribution in [0.2, 0.25) is 0 Å². The van der Waals surface area contributed by atoms with Crippen molar-refractivity contribution in [2.45, 2.75) is 12.8 Å². The van der Waals surface area contributed by atoms with Crippen LogP contribution < -0.4 is 5.32 Å². The first-order chi connectivity index (χ1) is 8.79. The van der Waals surface area contributed by atoms with Crippen LogP contribution in [0.5, 0.6) is 0 Å². The molecule has 0 spiro atoms. The maximum atomic E-state index is 11.3. The van der Waals surface area contributed by atoms with E-state index in [-0.39, 0.29) is 5.82 Å². The predicted molar refractivity (Wildman–Crippen MR) is 71.9 cm³/mol. The molecule has 1 fully saturated rings. The maximum absolute atomic E-state index is 11.3. The van der Waals surface area contributed by atoms with Crippen molar-refractivity contribution in [3.63, 3.8) is 0 Å². The van der Waals surface area contributed by atoms with Crippen LogP contribution >= 0.6 is 11.8 Å². The number of thioether (sulfide) groups is 1. The van der Waals surface area contributed by atoms with Gasteiger partial charge in [0, 0.05) is 12.7 Å². The summed E-state index contributed by atoms with van der Waals surface area (Å²) in [4.78, 5) is 19.3. The van der Waals surface area contributed by atoms with Gasteiger partial charge in [-0.1, -0.05) is 0 Å². The van der Waals surface area contributed by atoms with Gasteiger partial charge in [-0.05, 0) is 36.3 Å². The molecule has 0 radical (unpaired) electrons. The summed E-state index contributed by atoms with van der Waals surface area (Å²) in [7, 11) is 1.32. The summed E-state index contributed by atoms with van der Waals surface area (Å²) in [5, 5.41) is 3.27. The molecule has 2 heterocycles. The number of methoxy groups -OCH3 is 1. The number of nitrogens with zero attached hydrogens (tertiary/aromatic N) is 2. The first kappa shape index (κ1) is 13.1. The lowest BCUT2D eigenvalue weighted by Gasteiger charge is -2.21. The fraction of sp³-hybridized carbons (Fsp3) is 0.583. The molecule has 1 saturated heterocycles. The van der Waals surface area contributed by atoms with Gasteiger partial charge in [0.25, 0.3) is 0 Å². The number of aromatic nitrogens is 2. The Hall–Kier alpha value is -1.30. The summed E-state index contributed by atoms with van der Waals surface area (Å²) in [5.74, 6) is 3.45. The molecular weight excluding hydrogens is 250 g/mol. The first-order valence-electron chi connectivity index (χ1n) is 6.02. The molecule has 0 saturated carbocycles. The Kier molecular flexibility index (Phi) is 4.81. The topological polar surface area (TPSA) is 64.1 Å². The summed E-state index contributed by atoms with van der Waals surface area (Å²) in [6, 6.07) is 1.77. The van der Waals surface area contributed by atoms with Crippen molar-refractivity contribution in [1.29, 1.82) is 0 Å². The highest BCUT2D eigenvalue weighted by Gasteiger charge is 2.14. The summed E-state index contributed by atoms with van der Waals surface area (Å²) in [6.07, 6.45) is 4.05. The highest BCUT2D eigenvalue weighted by atomic mass is 32.2. The molecule has 0 atom stereocenters. The molecule has 1 aromatic heterocycles. The fourth-order valence-electron chi connectivity index (χ4n) is 1.85. The normalized spacial score (nSPS) is 16.3. The standard InChI is InChI=1S/C12H17N3O2S/c1-17-12(16)11-13-5-2-10(15-11)14-8-9-3-6-18-7-4-9/h2,5,9H,3-4,6-8H2,1H3,(H,13,14,15). The van der Waals surface area contributed by atoms with Gasteiger partial charge in [0.15, 0.2) is 0 Å². The van der Waals surface area contributed by atoms with Crippen LogP contribution in [-0.2, 0) is 4.74 Å². The smallest absolute Gasteiger partial charge is 0.376 e. The Bertz CT molecular complexity index is 408. The van der Waals surface area contributed by atoms with E-state index in [1.165, 1.54) is 31.5 Å². The number of anilines is 1. The molecule has 2 rings (SSSR count). The molecular formula is C12H17N3O2S. The van der Waals surface area contributed by atoms with E-state index in [0.717, 1.165) is 6.54 Å². The average Bonchev–Trinajstić information content (AvgIpc) is 2.45. The quantitative estimate of drug-likeness (QED) is 0.839.